The lowest BCUT2D eigenvalue weighted by atomic mass is 9.98. The molecule has 0 heterocycles. The van der Waals surface area contributed by atoms with Gasteiger partial charge in [-0.15, -0.1) is 0 Å². The number of nitriles is 1. The summed E-state index contributed by atoms with van der Waals surface area (Å²) >= 11 is 0. The zero-order valence-electron chi connectivity index (χ0n) is 8.71. The minimum Gasteiger partial charge on any atom is -0.399 e. The Morgan fingerprint density at radius 1 is 1.54 bits per heavy atom. The lowest BCUT2D eigenvalue weighted by Crippen LogP contribution is -2.06. The molecule has 3 heteroatoms. The van der Waals surface area contributed by atoms with Crippen LogP contribution in [0.5, 0.6) is 0 Å². The molecule has 0 aromatic rings. The predicted molar refractivity (Wildman–Crippen MR) is 53.4 cm³/mol. The highest BCUT2D eigenvalue weighted by molar-refractivity contribution is 5.84. The molecule has 0 aliphatic carbocycles. The molecule has 13 heavy (non-hydrogen) atoms. The molecule has 74 valence electrons. The van der Waals surface area contributed by atoms with Crippen molar-refractivity contribution in [1.82, 2.24) is 0 Å². The minimum absolute atomic E-state index is 0.0962. The van der Waals surface area contributed by atoms with E-state index in [4.69, 9.17) is 10.1 Å². The monoisotopic (exact) mass is 182 g/mol. The molecule has 0 aromatic heterocycles. The number of rotatable bonds is 6. The molecule has 0 aliphatic rings. The van der Waals surface area contributed by atoms with Crippen molar-refractivity contribution in [2.45, 2.75) is 39.5 Å². The van der Waals surface area contributed by atoms with Crippen LogP contribution in [-0.4, -0.2) is 12.8 Å². The quantitative estimate of drug-likeness (QED) is 0.468. The minimum atomic E-state index is 0.0962. The smallest absolute Gasteiger partial charge is 0.106 e. The molecule has 0 spiro atoms. The van der Waals surface area contributed by atoms with Gasteiger partial charge in [-0.25, -0.2) is 0 Å². The van der Waals surface area contributed by atoms with Crippen LogP contribution < -0.4 is 0 Å². The first-order valence-corrected chi connectivity index (χ1v) is 4.76. The van der Waals surface area contributed by atoms with Gasteiger partial charge in [-0.05, 0) is 12.8 Å². The van der Waals surface area contributed by atoms with Crippen LogP contribution in [0, 0.1) is 17.2 Å². The van der Waals surface area contributed by atoms with Gasteiger partial charge in [0.15, 0.2) is 0 Å². The number of hydrogen-bond acceptors (Lipinski definition) is 3. The second kappa shape index (κ2) is 7.60. The zero-order chi connectivity index (χ0) is 10.1. The number of hydrogen-bond donors (Lipinski definition) is 0. The summed E-state index contributed by atoms with van der Waals surface area (Å²) in [5, 5.41) is 12.7. The second-order valence-corrected chi connectivity index (χ2v) is 3.01. The maximum absolute atomic E-state index is 8.82. The van der Waals surface area contributed by atoms with E-state index < -0.39 is 0 Å². The van der Waals surface area contributed by atoms with Crippen LogP contribution >= 0.6 is 0 Å². The van der Waals surface area contributed by atoms with E-state index in [1.165, 1.54) is 7.11 Å². The highest BCUT2D eigenvalue weighted by Gasteiger charge is 2.09. The van der Waals surface area contributed by atoms with Gasteiger partial charge in [0.1, 0.15) is 7.11 Å². The maximum Gasteiger partial charge on any atom is 0.106 e. The lowest BCUT2D eigenvalue weighted by Gasteiger charge is -2.07. The fourth-order valence-corrected chi connectivity index (χ4v) is 1.22. The predicted octanol–water partition coefficient (Wildman–Crippen LogP) is 2.73. The Bertz CT molecular complexity index is 194. The topological polar surface area (TPSA) is 45.4 Å². The summed E-state index contributed by atoms with van der Waals surface area (Å²) in [6.45, 7) is 4.11. The van der Waals surface area contributed by atoms with Gasteiger partial charge in [-0.3, -0.25) is 0 Å². The normalized spacial score (nSPS) is 13.5. The van der Waals surface area contributed by atoms with Crippen LogP contribution in [0.15, 0.2) is 5.16 Å². The third-order valence-electron chi connectivity index (χ3n) is 1.93. The summed E-state index contributed by atoms with van der Waals surface area (Å²) < 4.78 is 0. The van der Waals surface area contributed by atoms with E-state index >= 15 is 0 Å². The van der Waals surface area contributed by atoms with E-state index in [0.717, 1.165) is 31.4 Å². The van der Waals surface area contributed by atoms with Crippen molar-refractivity contribution in [3.63, 3.8) is 0 Å². The van der Waals surface area contributed by atoms with Crippen LogP contribution in [0.2, 0.25) is 0 Å². The largest absolute Gasteiger partial charge is 0.399 e. The van der Waals surface area contributed by atoms with Crippen LogP contribution in [0.1, 0.15) is 39.5 Å². The Balaban J connectivity index is 4.05. The van der Waals surface area contributed by atoms with E-state index in [9.17, 15) is 0 Å². The summed E-state index contributed by atoms with van der Waals surface area (Å²) in [5.41, 5.74) is 0.975. The summed E-state index contributed by atoms with van der Waals surface area (Å²) in [5.74, 6) is 0.0962. The summed E-state index contributed by atoms with van der Waals surface area (Å²) in [7, 11) is 1.54. The first-order valence-electron chi connectivity index (χ1n) is 4.76. The molecule has 0 N–H and O–H groups in total. The Morgan fingerprint density at radius 3 is 2.62 bits per heavy atom. The van der Waals surface area contributed by atoms with Crippen LogP contribution in [0.3, 0.4) is 0 Å². The molecule has 0 saturated heterocycles. The van der Waals surface area contributed by atoms with E-state index in [2.05, 4.69) is 18.1 Å². The van der Waals surface area contributed by atoms with Crippen LogP contribution in [0.25, 0.3) is 0 Å². The average molecular weight is 182 g/mol. The molecule has 0 amide bonds. The Kier molecular flexibility index (Phi) is 6.99. The van der Waals surface area contributed by atoms with Crippen molar-refractivity contribution in [2.24, 2.45) is 11.1 Å². The van der Waals surface area contributed by atoms with Gasteiger partial charge in [0.2, 0.25) is 0 Å². The average Bonchev–Trinajstić information content (AvgIpc) is 2.16. The van der Waals surface area contributed by atoms with Crippen molar-refractivity contribution in [3.05, 3.63) is 0 Å². The maximum atomic E-state index is 8.82. The molecule has 0 rings (SSSR count). The molecule has 1 atom stereocenters. The molecule has 0 aliphatic heterocycles. The third-order valence-corrected chi connectivity index (χ3v) is 1.93. The second-order valence-electron chi connectivity index (χ2n) is 3.01. The first-order chi connectivity index (χ1) is 6.28. The number of oxime groups is 1. The van der Waals surface area contributed by atoms with Gasteiger partial charge in [0, 0.05) is 6.42 Å². The molecule has 0 aromatic carbocycles. The molecule has 3 nitrogen and oxygen atoms in total. The number of nitrogens with zero attached hydrogens (tertiary/aromatic N) is 2. The van der Waals surface area contributed by atoms with Crippen molar-refractivity contribution in [2.75, 3.05) is 7.11 Å². The zero-order valence-corrected chi connectivity index (χ0v) is 8.71. The van der Waals surface area contributed by atoms with Gasteiger partial charge in [0.05, 0.1) is 17.7 Å². The van der Waals surface area contributed by atoms with Crippen molar-refractivity contribution in [3.8, 4) is 6.07 Å². The lowest BCUT2D eigenvalue weighted by molar-refractivity contribution is 0.211. The molecule has 1 unspecified atom stereocenters. The Morgan fingerprint density at radius 2 is 2.23 bits per heavy atom. The van der Waals surface area contributed by atoms with E-state index in [1.807, 2.05) is 6.92 Å². The summed E-state index contributed by atoms with van der Waals surface area (Å²) in [6.07, 6.45) is 3.59. The van der Waals surface area contributed by atoms with E-state index in [-0.39, 0.29) is 5.92 Å². The molecule has 0 saturated carbocycles. The fraction of sp³-hybridized carbons (Fsp3) is 0.800. The molecular weight excluding hydrogens is 164 g/mol. The van der Waals surface area contributed by atoms with Gasteiger partial charge in [-0.1, -0.05) is 25.4 Å². The van der Waals surface area contributed by atoms with Gasteiger partial charge in [0.25, 0.3) is 0 Å². The van der Waals surface area contributed by atoms with Crippen molar-refractivity contribution < 1.29 is 4.84 Å². The molecule has 0 fully saturated rings. The van der Waals surface area contributed by atoms with Gasteiger partial charge < -0.3 is 4.84 Å². The van der Waals surface area contributed by atoms with E-state index in [1.54, 1.807) is 0 Å². The summed E-state index contributed by atoms with van der Waals surface area (Å²) in [6, 6.07) is 2.29. The van der Waals surface area contributed by atoms with E-state index in [0.29, 0.717) is 0 Å². The van der Waals surface area contributed by atoms with Crippen molar-refractivity contribution in [1.29, 1.82) is 5.26 Å². The van der Waals surface area contributed by atoms with Crippen molar-refractivity contribution >= 4 is 5.71 Å². The third kappa shape index (κ3) is 5.24. The van der Waals surface area contributed by atoms with Gasteiger partial charge >= 0.3 is 0 Å². The van der Waals surface area contributed by atoms with Crippen LogP contribution in [-0.2, 0) is 4.84 Å². The highest BCUT2D eigenvalue weighted by Crippen LogP contribution is 2.12. The Labute approximate surface area is 80.4 Å². The molecular formula is C10H18N2O. The van der Waals surface area contributed by atoms with Gasteiger partial charge in [-0.2, -0.15) is 5.26 Å². The summed E-state index contributed by atoms with van der Waals surface area (Å²) in [4.78, 5) is 4.70. The highest BCUT2D eigenvalue weighted by atomic mass is 16.6. The SMILES string of the molecule is CCCC(C#N)C/C(CC)=N/OC. The molecule has 0 bridgehead atoms. The molecule has 0 radical (unpaired) electrons. The Hall–Kier alpha value is -1.04. The standard InChI is InChI=1S/C10H18N2O/c1-4-6-9(8-11)7-10(5-2)12-13-3/h9H,4-7H2,1-3H3/b12-10+. The van der Waals surface area contributed by atoms with Crippen LogP contribution in [0.4, 0.5) is 0 Å². The first kappa shape index (κ1) is 12.0. The fourth-order valence-electron chi connectivity index (χ4n) is 1.22.